The molecule has 0 aliphatic carbocycles. The smallest absolute Gasteiger partial charge is 0.198 e. The summed E-state index contributed by atoms with van der Waals surface area (Å²) < 4.78 is 26.0. The second-order valence-corrected chi connectivity index (χ2v) is 8.05. The minimum absolute atomic E-state index is 0.0825. The predicted octanol–water partition coefficient (Wildman–Crippen LogP) is 4.69. The van der Waals surface area contributed by atoms with Crippen LogP contribution in [0.1, 0.15) is 38.0 Å². The fourth-order valence-electron chi connectivity index (χ4n) is 3.91. The Labute approximate surface area is 181 Å². The standard InChI is InChI=1S/C24H27FN4O2/c1-15-13-29(14-16(2)30-15)24(26)27-23-12-22(31-28-23)17(3)19-9-10-20(21(25)11-19)18-7-5-4-6-8-18/h4-12,15-17H,13-14H2,1-3H3,(H2,26,27,28). The molecule has 4 rings (SSSR count). The van der Waals surface area contributed by atoms with Crippen molar-refractivity contribution in [2.75, 3.05) is 13.1 Å². The Bertz CT molecular complexity index is 1060. The minimum atomic E-state index is -0.270. The number of hydrogen-bond donors (Lipinski definition) is 1. The van der Waals surface area contributed by atoms with Gasteiger partial charge in [-0.3, -0.25) is 0 Å². The predicted molar refractivity (Wildman–Crippen MR) is 119 cm³/mol. The maximum Gasteiger partial charge on any atom is 0.198 e. The molecule has 1 aliphatic heterocycles. The minimum Gasteiger partial charge on any atom is -0.372 e. The van der Waals surface area contributed by atoms with Crippen molar-refractivity contribution >= 4 is 11.8 Å². The first kappa shape index (κ1) is 21.1. The largest absolute Gasteiger partial charge is 0.372 e. The molecule has 0 radical (unpaired) electrons. The van der Waals surface area contributed by atoms with Crippen LogP contribution in [0, 0.1) is 5.82 Å². The molecule has 162 valence electrons. The number of aromatic nitrogens is 1. The number of morpholine rings is 1. The molecular formula is C24H27FN4O2. The van der Waals surface area contributed by atoms with Gasteiger partial charge in [0.05, 0.1) is 12.2 Å². The lowest BCUT2D eigenvalue weighted by atomic mass is 9.95. The third-order valence-corrected chi connectivity index (χ3v) is 5.49. The van der Waals surface area contributed by atoms with Crippen LogP contribution >= 0.6 is 0 Å². The van der Waals surface area contributed by atoms with Crippen molar-refractivity contribution in [3.63, 3.8) is 0 Å². The van der Waals surface area contributed by atoms with Crippen molar-refractivity contribution in [2.45, 2.75) is 38.9 Å². The second kappa shape index (κ2) is 8.89. The summed E-state index contributed by atoms with van der Waals surface area (Å²) in [5.74, 6) is 0.927. The van der Waals surface area contributed by atoms with Gasteiger partial charge in [0.15, 0.2) is 11.8 Å². The van der Waals surface area contributed by atoms with Gasteiger partial charge >= 0.3 is 0 Å². The van der Waals surface area contributed by atoms with Gasteiger partial charge in [0.2, 0.25) is 0 Å². The van der Waals surface area contributed by atoms with Crippen LogP contribution in [0.2, 0.25) is 0 Å². The summed E-state index contributed by atoms with van der Waals surface area (Å²) in [6.45, 7) is 7.31. The van der Waals surface area contributed by atoms with Crippen LogP contribution in [0.15, 0.2) is 64.1 Å². The molecule has 3 atom stereocenters. The van der Waals surface area contributed by atoms with E-state index in [1.54, 1.807) is 18.2 Å². The third-order valence-electron chi connectivity index (χ3n) is 5.49. The summed E-state index contributed by atoms with van der Waals surface area (Å²) in [5, 5.41) is 4.03. The Hall–Kier alpha value is -3.19. The van der Waals surface area contributed by atoms with Crippen LogP contribution in [0.5, 0.6) is 0 Å². The molecule has 0 amide bonds. The fraction of sp³-hybridized carbons (Fsp3) is 0.333. The summed E-state index contributed by atoms with van der Waals surface area (Å²) in [6.07, 6.45) is 0.165. The molecule has 1 saturated heterocycles. The van der Waals surface area contributed by atoms with E-state index in [2.05, 4.69) is 10.1 Å². The second-order valence-electron chi connectivity index (χ2n) is 8.05. The lowest BCUT2D eigenvalue weighted by molar-refractivity contribution is -0.0483. The van der Waals surface area contributed by atoms with Crippen molar-refractivity contribution < 1.29 is 13.7 Å². The van der Waals surface area contributed by atoms with Crippen LogP contribution < -0.4 is 5.73 Å². The molecule has 2 N–H and O–H groups in total. The van der Waals surface area contributed by atoms with Gasteiger partial charge in [-0.25, -0.2) is 4.39 Å². The van der Waals surface area contributed by atoms with Crippen molar-refractivity contribution in [3.05, 3.63) is 71.7 Å². The molecule has 2 aromatic carbocycles. The van der Waals surface area contributed by atoms with Crippen molar-refractivity contribution in [1.29, 1.82) is 0 Å². The quantitative estimate of drug-likeness (QED) is 0.488. The molecule has 0 spiro atoms. The summed E-state index contributed by atoms with van der Waals surface area (Å²) in [5.41, 5.74) is 8.40. The highest BCUT2D eigenvalue weighted by atomic mass is 19.1. The maximum absolute atomic E-state index is 14.8. The molecular weight excluding hydrogens is 395 g/mol. The third kappa shape index (κ3) is 4.77. The highest BCUT2D eigenvalue weighted by Gasteiger charge is 2.24. The van der Waals surface area contributed by atoms with Crippen molar-refractivity contribution in [3.8, 4) is 11.1 Å². The molecule has 1 aromatic heterocycles. The van der Waals surface area contributed by atoms with E-state index >= 15 is 0 Å². The van der Waals surface area contributed by atoms with E-state index < -0.39 is 0 Å². The number of aliphatic imine (C=N–C) groups is 1. The zero-order chi connectivity index (χ0) is 22.0. The highest BCUT2D eigenvalue weighted by molar-refractivity contribution is 5.80. The molecule has 0 saturated carbocycles. The summed E-state index contributed by atoms with van der Waals surface area (Å²) in [6, 6.07) is 16.5. The van der Waals surface area contributed by atoms with Gasteiger partial charge in [-0.1, -0.05) is 54.5 Å². The average Bonchev–Trinajstić information content (AvgIpc) is 3.21. The Kier molecular flexibility index (Phi) is 6.04. The van der Waals surface area contributed by atoms with E-state index in [4.69, 9.17) is 15.0 Å². The van der Waals surface area contributed by atoms with Crippen LogP contribution in [-0.4, -0.2) is 41.3 Å². The first-order valence-electron chi connectivity index (χ1n) is 10.5. The summed E-state index contributed by atoms with van der Waals surface area (Å²) in [4.78, 5) is 6.39. The van der Waals surface area contributed by atoms with E-state index in [1.165, 1.54) is 0 Å². The number of halogens is 1. The van der Waals surface area contributed by atoms with Crippen LogP contribution in [0.3, 0.4) is 0 Å². The SMILES string of the molecule is CC1CN(C(N)=Nc2cc(C(C)c3ccc(-c4ccccc4)c(F)c3)on2)CC(C)O1. The molecule has 6 nitrogen and oxygen atoms in total. The molecule has 31 heavy (non-hydrogen) atoms. The van der Waals surface area contributed by atoms with Gasteiger partial charge < -0.3 is 19.9 Å². The Morgan fingerprint density at radius 3 is 2.52 bits per heavy atom. The van der Waals surface area contributed by atoms with Crippen LogP contribution in [-0.2, 0) is 4.74 Å². The van der Waals surface area contributed by atoms with Gasteiger partial charge in [0.1, 0.15) is 11.6 Å². The topological polar surface area (TPSA) is 76.9 Å². The number of benzene rings is 2. The zero-order valence-corrected chi connectivity index (χ0v) is 18.0. The Morgan fingerprint density at radius 1 is 1.13 bits per heavy atom. The van der Waals surface area contributed by atoms with Crippen molar-refractivity contribution in [1.82, 2.24) is 10.1 Å². The van der Waals surface area contributed by atoms with E-state index in [0.29, 0.717) is 36.2 Å². The average molecular weight is 423 g/mol. The Morgan fingerprint density at radius 2 is 1.84 bits per heavy atom. The normalized spacial score (nSPS) is 20.6. The van der Waals surface area contributed by atoms with Gasteiger partial charge in [-0.2, -0.15) is 4.99 Å². The first-order valence-corrected chi connectivity index (χ1v) is 10.5. The van der Waals surface area contributed by atoms with Crippen LogP contribution in [0.25, 0.3) is 11.1 Å². The number of rotatable bonds is 4. The molecule has 7 heteroatoms. The van der Waals surface area contributed by atoms with Gasteiger partial charge in [0, 0.05) is 30.6 Å². The van der Waals surface area contributed by atoms with E-state index in [1.807, 2.05) is 62.1 Å². The fourth-order valence-corrected chi connectivity index (χ4v) is 3.91. The van der Waals surface area contributed by atoms with Gasteiger partial charge in [0.25, 0.3) is 0 Å². The van der Waals surface area contributed by atoms with E-state index in [9.17, 15) is 4.39 Å². The number of nitrogens with zero attached hydrogens (tertiary/aromatic N) is 3. The maximum atomic E-state index is 14.8. The van der Waals surface area contributed by atoms with E-state index in [0.717, 1.165) is 11.1 Å². The number of nitrogens with two attached hydrogens (primary N) is 1. The summed E-state index contributed by atoms with van der Waals surface area (Å²) in [7, 11) is 0. The lowest BCUT2D eigenvalue weighted by Crippen LogP contribution is -2.50. The molecule has 1 fully saturated rings. The zero-order valence-electron chi connectivity index (χ0n) is 18.0. The van der Waals surface area contributed by atoms with Gasteiger partial charge in [-0.15, -0.1) is 0 Å². The number of hydrogen-bond acceptors (Lipinski definition) is 4. The summed E-state index contributed by atoms with van der Waals surface area (Å²) >= 11 is 0. The van der Waals surface area contributed by atoms with Crippen molar-refractivity contribution in [2.24, 2.45) is 10.7 Å². The number of guanidine groups is 1. The lowest BCUT2D eigenvalue weighted by Gasteiger charge is -2.35. The molecule has 0 bridgehead atoms. The molecule has 3 unspecified atom stereocenters. The van der Waals surface area contributed by atoms with Crippen LogP contribution in [0.4, 0.5) is 10.2 Å². The monoisotopic (exact) mass is 422 g/mol. The molecule has 2 heterocycles. The number of ether oxygens (including phenoxy) is 1. The van der Waals surface area contributed by atoms with Gasteiger partial charge in [-0.05, 0) is 31.0 Å². The molecule has 3 aromatic rings. The van der Waals surface area contributed by atoms with E-state index in [-0.39, 0.29) is 23.9 Å². The molecule has 1 aliphatic rings. The Balaban J connectivity index is 1.50. The first-order chi connectivity index (χ1) is 14.9. The highest BCUT2D eigenvalue weighted by Crippen LogP contribution is 2.31.